The third-order valence-electron chi connectivity index (χ3n) is 1.43. The Morgan fingerprint density at radius 3 is 2.80 bits per heavy atom. The number of rotatable bonds is 0. The van der Waals surface area contributed by atoms with E-state index in [0.717, 1.165) is 0 Å². The van der Waals surface area contributed by atoms with Crippen LogP contribution in [0.5, 0.6) is 0 Å². The van der Waals surface area contributed by atoms with Gasteiger partial charge in [-0.1, -0.05) is 0 Å². The van der Waals surface area contributed by atoms with Crippen molar-refractivity contribution in [2.45, 2.75) is 0 Å². The maximum absolute atomic E-state index is 2.40. The fourth-order valence-corrected chi connectivity index (χ4v) is 4.21. The second-order valence-corrected chi connectivity index (χ2v) is 5.15. The molecule has 1 aromatic carbocycles. The van der Waals surface area contributed by atoms with Crippen LogP contribution in [0, 0.1) is 3.57 Å². The van der Waals surface area contributed by atoms with E-state index in [1.165, 1.54) is 13.2 Å². The molecular formula is C8H5ISe. The van der Waals surface area contributed by atoms with Crippen LogP contribution in [-0.4, -0.2) is 14.5 Å². The van der Waals surface area contributed by atoms with E-state index in [0.29, 0.717) is 14.5 Å². The molecule has 0 aliphatic rings. The zero-order chi connectivity index (χ0) is 6.97. The molecule has 0 saturated carbocycles. The van der Waals surface area contributed by atoms with Gasteiger partial charge in [0.15, 0.2) is 0 Å². The van der Waals surface area contributed by atoms with Gasteiger partial charge in [0.1, 0.15) is 0 Å². The van der Waals surface area contributed by atoms with E-state index in [-0.39, 0.29) is 0 Å². The van der Waals surface area contributed by atoms with E-state index < -0.39 is 0 Å². The number of hydrogen-bond acceptors (Lipinski definition) is 0. The van der Waals surface area contributed by atoms with E-state index in [2.05, 4.69) is 51.8 Å². The normalized spacial score (nSPS) is 10.5. The Hall–Kier alpha value is 0.209. The molecule has 1 heterocycles. The van der Waals surface area contributed by atoms with Crippen molar-refractivity contribution in [1.82, 2.24) is 0 Å². The second-order valence-electron chi connectivity index (χ2n) is 2.08. The summed E-state index contributed by atoms with van der Waals surface area (Å²) in [6.07, 6.45) is 0. The molecule has 0 atom stereocenters. The van der Waals surface area contributed by atoms with Gasteiger partial charge in [-0.25, -0.2) is 0 Å². The quantitative estimate of drug-likeness (QED) is 0.518. The van der Waals surface area contributed by atoms with Crippen LogP contribution >= 0.6 is 22.6 Å². The Morgan fingerprint density at radius 2 is 2.00 bits per heavy atom. The first-order chi connectivity index (χ1) is 4.88. The van der Waals surface area contributed by atoms with Crippen molar-refractivity contribution in [1.29, 1.82) is 0 Å². The zero-order valence-electron chi connectivity index (χ0n) is 5.17. The van der Waals surface area contributed by atoms with Gasteiger partial charge in [-0.3, -0.25) is 0 Å². The van der Waals surface area contributed by atoms with E-state index in [1.807, 2.05) is 0 Å². The Labute approximate surface area is 79.1 Å². The first-order valence-electron chi connectivity index (χ1n) is 2.99. The SMILES string of the molecule is Ic1c[se]c2ccccc12. The Balaban J connectivity index is 2.93. The Kier molecular flexibility index (Phi) is 1.85. The molecule has 2 heteroatoms. The number of halogens is 1. The molecule has 0 saturated heterocycles. The average Bonchev–Trinajstić information content (AvgIpc) is 2.34. The van der Waals surface area contributed by atoms with Crippen LogP contribution < -0.4 is 0 Å². The van der Waals surface area contributed by atoms with Crippen LogP contribution in [0.1, 0.15) is 0 Å². The van der Waals surface area contributed by atoms with Crippen molar-refractivity contribution in [3.63, 3.8) is 0 Å². The molecule has 0 spiro atoms. The van der Waals surface area contributed by atoms with Gasteiger partial charge in [-0.2, -0.15) is 0 Å². The average molecular weight is 307 g/mol. The van der Waals surface area contributed by atoms with Crippen molar-refractivity contribution in [3.8, 4) is 0 Å². The standard InChI is InChI=1S/C8H5ISe/c9-7-5-10-8-4-2-1-3-6(7)8/h1-5H. The Morgan fingerprint density at radius 1 is 1.20 bits per heavy atom. The minimum absolute atomic E-state index is 0.604. The van der Waals surface area contributed by atoms with Crippen molar-refractivity contribution >= 4 is 46.7 Å². The molecule has 0 fully saturated rings. The first kappa shape index (κ1) is 6.89. The Bertz CT molecular complexity index is 351. The van der Waals surface area contributed by atoms with E-state index in [1.54, 1.807) is 0 Å². The molecule has 0 N–H and O–H groups in total. The summed E-state index contributed by atoms with van der Waals surface area (Å²) in [4.78, 5) is 2.33. The fraction of sp³-hybridized carbons (Fsp3) is 0. The van der Waals surface area contributed by atoms with E-state index in [4.69, 9.17) is 0 Å². The third kappa shape index (κ3) is 1.04. The summed E-state index contributed by atoms with van der Waals surface area (Å²) >= 11 is 3.00. The summed E-state index contributed by atoms with van der Waals surface area (Å²) in [6, 6.07) is 8.64. The summed E-state index contributed by atoms with van der Waals surface area (Å²) < 4.78 is 2.95. The van der Waals surface area contributed by atoms with Gasteiger partial charge in [0, 0.05) is 0 Å². The summed E-state index contributed by atoms with van der Waals surface area (Å²) in [5, 5.41) is 1.45. The monoisotopic (exact) mass is 308 g/mol. The van der Waals surface area contributed by atoms with Crippen LogP contribution in [0.15, 0.2) is 29.2 Å². The molecule has 0 aliphatic carbocycles. The van der Waals surface area contributed by atoms with Gasteiger partial charge >= 0.3 is 79.5 Å². The molecule has 1 aromatic heterocycles. The first-order valence-corrected chi connectivity index (χ1v) is 5.92. The number of benzene rings is 1. The van der Waals surface area contributed by atoms with Gasteiger partial charge in [-0.05, 0) is 0 Å². The van der Waals surface area contributed by atoms with Crippen molar-refractivity contribution in [2.24, 2.45) is 0 Å². The summed E-state index contributed by atoms with van der Waals surface area (Å²) in [5.41, 5.74) is 0. The van der Waals surface area contributed by atoms with Gasteiger partial charge in [0.05, 0.1) is 0 Å². The van der Waals surface area contributed by atoms with E-state index in [9.17, 15) is 0 Å². The summed E-state index contributed by atoms with van der Waals surface area (Å²) in [7, 11) is 0. The minimum atomic E-state index is 0.604. The topological polar surface area (TPSA) is 0 Å². The van der Waals surface area contributed by atoms with E-state index >= 15 is 0 Å². The molecule has 0 radical (unpaired) electrons. The van der Waals surface area contributed by atoms with Crippen LogP contribution in [0.4, 0.5) is 0 Å². The molecule has 0 unspecified atom stereocenters. The molecule has 0 amide bonds. The third-order valence-corrected chi connectivity index (χ3v) is 5.30. The molecule has 0 nitrogen and oxygen atoms in total. The molecule has 2 aromatic rings. The maximum atomic E-state index is 2.40. The van der Waals surface area contributed by atoms with Crippen LogP contribution in [0.2, 0.25) is 0 Å². The van der Waals surface area contributed by atoms with Crippen LogP contribution in [0.3, 0.4) is 0 Å². The van der Waals surface area contributed by atoms with Gasteiger partial charge in [0.2, 0.25) is 0 Å². The molecule has 10 heavy (non-hydrogen) atoms. The fourth-order valence-electron chi connectivity index (χ4n) is 0.945. The predicted octanol–water partition coefficient (Wildman–Crippen LogP) is 2.50. The predicted molar refractivity (Wildman–Crippen MR) is 53.6 cm³/mol. The second kappa shape index (κ2) is 2.68. The van der Waals surface area contributed by atoms with Crippen molar-refractivity contribution in [3.05, 3.63) is 32.8 Å². The van der Waals surface area contributed by atoms with Crippen LogP contribution in [0.25, 0.3) is 9.65 Å². The number of fused-ring (bicyclic) bond motifs is 1. The molecule has 2 rings (SSSR count). The number of hydrogen-bond donors (Lipinski definition) is 0. The van der Waals surface area contributed by atoms with Crippen molar-refractivity contribution in [2.75, 3.05) is 0 Å². The van der Waals surface area contributed by atoms with Gasteiger partial charge in [-0.15, -0.1) is 0 Å². The molecule has 50 valence electrons. The van der Waals surface area contributed by atoms with Crippen molar-refractivity contribution < 1.29 is 0 Å². The van der Waals surface area contributed by atoms with Gasteiger partial charge in [0.25, 0.3) is 0 Å². The molecule has 0 aliphatic heterocycles. The van der Waals surface area contributed by atoms with Gasteiger partial charge < -0.3 is 0 Å². The molecular weight excluding hydrogens is 302 g/mol. The zero-order valence-corrected chi connectivity index (χ0v) is 9.04. The molecule has 0 bridgehead atoms. The summed E-state index contributed by atoms with van der Waals surface area (Å²) in [6.45, 7) is 0. The van der Waals surface area contributed by atoms with Crippen LogP contribution in [-0.2, 0) is 0 Å². The summed E-state index contributed by atoms with van der Waals surface area (Å²) in [5.74, 6) is 0.